The van der Waals surface area contributed by atoms with Crippen molar-refractivity contribution in [2.45, 2.75) is 85.0 Å². The molecule has 0 radical (unpaired) electrons. The Morgan fingerprint density at radius 3 is 1.86 bits per heavy atom. The van der Waals surface area contributed by atoms with Crippen molar-refractivity contribution in [3.8, 4) is 0 Å². The summed E-state index contributed by atoms with van der Waals surface area (Å²) in [4.78, 5) is 0. The zero-order chi connectivity index (χ0) is 21.1. The van der Waals surface area contributed by atoms with Gasteiger partial charge in [0.05, 0.1) is 5.39 Å². The van der Waals surface area contributed by atoms with Crippen molar-refractivity contribution < 1.29 is 13.2 Å². The molecule has 0 atom stereocenters. The van der Waals surface area contributed by atoms with E-state index in [1.807, 2.05) is 13.8 Å². The van der Waals surface area contributed by atoms with Crippen LogP contribution >= 0.6 is 0 Å². The quantitative estimate of drug-likeness (QED) is 0.469. The highest BCUT2D eigenvalue weighted by Crippen LogP contribution is 2.45. The summed E-state index contributed by atoms with van der Waals surface area (Å²) in [6.45, 7) is 7.92. The highest BCUT2D eigenvalue weighted by atomic mass is 19.2. The van der Waals surface area contributed by atoms with E-state index in [9.17, 15) is 13.2 Å². The van der Waals surface area contributed by atoms with E-state index >= 15 is 0 Å². The smallest absolute Gasteiger partial charge is 0.169 e. The van der Waals surface area contributed by atoms with E-state index in [1.54, 1.807) is 25.1 Å². The molecule has 3 heteroatoms. The monoisotopic (exact) mass is 404 g/mol. The number of benzene rings is 2. The van der Waals surface area contributed by atoms with Crippen molar-refractivity contribution in [3.05, 3.63) is 46.8 Å². The first-order valence-corrected chi connectivity index (χ1v) is 11.5. The Balaban J connectivity index is 0.00000117. The maximum Gasteiger partial charge on any atom is 0.169 e. The standard InChI is InChI=1S/C24H29F3.C2H6/c1-14-3-6-16(7-4-14)17-9-11-18(12-10-17)20-13-19-8-5-15(2)22(25)21(19)24(27)23(20)26;1-2/h5,8,13-14,16-18H,3-4,6-7,9-12H2,1-2H3;1-2H3. The van der Waals surface area contributed by atoms with Gasteiger partial charge in [0.2, 0.25) is 0 Å². The van der Waals surface area contributed by atoms with Crippen LogP contribution in [0.15, 0.2) is 18.2 Å². The minimum Gasteiger partial charge on any atom is -0.206 e. The van der Waals surface area contributed by atoms with Crippen LogP contribution < -0.4 is 0 Å². The van der Waals surface area contributed by atoms with Crippen LogP contribution in [0.25, 0.3) is 10.8 Å². The van der Waals surface area contributed by atoms with Gasteiger partial charge in [0.15, 0.2) is 11.6 Å². The molecule has 0 spiro atoms. The van der Waals surface area contributed by atoms with E-state index in [-0.39, 0.29) is 11.3 Å². The van der Waals surface area contributed by atoms with Crippen LogP contribution in [0.4, 0.5) is 13.2 Å². The molecule has 0 aromatic heterocycles. The molecule has 2 fully saturated rings. The summed E-state index contributed by atoms with van der Waals surface area (Å²) in [6, 6.07) is 5.03. The van der Waals surface area contributed by atoms with Crippen molar-refractivity contribution in [1.29, 1.82) is 0 Å². The van der Waals surface area contributed by atoms with Crippen molar-refractivity contribution >= 4 is 10.8 Å². The second kappa shape index (κ2) is 9.53. The minimum atomic E-state index is -1.02. The lowest BCUT2D eigenvalue weighted by Crippen LogP contribution is -2.25. The topological polar surface area (TPSA) is 0 Å². The van der Waals surface area contributed by atoms with E-state index < -0.39 is 17.5 Å². The van der Waals surface area contributed by atoms with Crippen molar-refractivity contribution in [2.75, 3.05) is 0 Å². The molecule has 0 heterocycles. The first-order chi connectivity index (χ1) is 14.0. The van der Waals surface area contributed by atoms with Crippen molar-refractivity contribution in [3.63, 3.8) is 0 Å². The van der Waals surface area contributed by atoms with Gasteiger partial charge >= 0.3 is 0 Å². The fourth-order valence-electron chi connectivity index (χ4n) is 5.46. The Kier molecular flexibility index (Phi) is 7.29. The fraction of sp³-hybridized carbons (Fsp3) is 0.615. The van der Waals surface area contributed by atoms with Gasteiger partial charge in [-0.3, -0.25) is 0 Å². The van der Waals surface area contributed by atoms with E-state index in [0.29, 0.717) is 16.5 Å². The molecule has 0 unspecified atom stereocenters. The maximum atomic E-state index is 14.8. The van der Waals surface area contributed by atoms with Gasteiger partial charge in [0.25, 0.3) is 0 Å². The van der Waals surface area contributed by atoms with Crippen LogP contribution in [0.2, 0.25) is 0 Å². The summed E-state index contributed by atoms with van der Waals surface area (Å²) in [5.41, 5.74) is 0.787. The predicted molar refractivity (Wildman–Crippen MR) is 116 cm³/mol. The molecule has 0 amide bonds. The maximum absolute atomic E-state index is 14.8. The second-order valence-electron chi connectivity index (χ2n) is 9.02. The van der Waals surface area contributed by atoms with Gasteiger partial charge < -0.3 is 0 Å². The summed E-state index contributed by atoms with van der Waals surface area (Å²) in [5, 5.41) is 0.261. The molecule has 29 heavy (non-hydrogen) atoms. The van der Waals surface area contributed by atoms with E-state index in [4.69, 9.17) is 0 Å². The van der Waals surface area contributed by atoms with Crippen LogP contribution in [-0.4, -0.2) is 0 Å². The van der Waals surface area contributed by atoms with Gasteiger partial charge in [0.1, 0.15) is 5.82 Å². The van der Waals surface area contributed by atoms with Crippen LogP contribution in [0.1, 0.15) is 89.2 Å². The molecule has 2 aliphatic rings. The SMILES string of the molecule is CC.Cc1ccc2cc(C3CCC(C4CCC(C)CC4)CC3)c(F)c(F)c2c1F. The largest absolute Gasteiger partial charge is 0.206 e. The van der Waals surface area contributed by atoms with E-state index in [1.165, 1.54) is 25.7 Å². The van der Waals surface area contributed by atoms with Crippen molar-refractivity contribution in [2.24, 2.45) is 17.8 Å². The molecule has 4 rings (SSSR count). The number of rotatable bonds is 2. The molecule has 160 valence electrons. The summed E-state index contributed by atoms with van der Waals surface area (Å²) in [5.74, 6) is -0.0531. The highest BCUT2D eigenvalue weighted by molar-refractivity contribution is 5.85. The molecule has 0 N–H and O–H groups in total. The van der Waals surface area contributed by atoms with Gasteiger partial charge in [0, 0.05) is 0 Å². The summed E-state index contributed by atoms with van der Waals surface area (Å²) in [6.07, 6.45) is 9.35. The second-order valence-corrected chi connectivity index (χ2v) is 9.02. The lowest BCUT2D eigenvalue weighted by molar-refractivity contribution is 0.164. The van der Waals surface area contributed by atoms with E-state index in [2.05, 4.69) is 6.92 Å². The predicted octanol–water partition coefficient (Wildman–Crippen LogP) is 8.69. The summed E-state index contributed by atoms with van der Waals surface area (Å²) < 4.78 is 43.7. The first kappa shape index (κ1) is 22.2. The summed E-state index contributed by atoms with van der Waals surface area (Å²) in [7, 11) is 0. The number of hydrogen-bond donors (Lipinski definition) is 0. The molecule has 0 aliphatic heterocycles. The Morgan fingerprint density at radius 1 is 0.724 bits per heavy atom. The third-order valence-electron chi connectivity index (χ3n) is 7.28. The highest BCUT2D eigenvalue weighted by Gasteiger charge is 2.32. The number of halogens is 3. The molecular weight excluding hydrogens is 369 g/mol. The number of aryl methyl sites for hydroxylation is 1. The number of fused-ring (bicyclic) bond motifs is 1. The fourth-order valence-corrected chi connectivity index (χ4v) is 5.46. The van der Waals surface area contributed by atoms with Gasteiger partial charge in [-0.25, -0.2) is 13.2 Å². The van der Waals surface area contributed by atoms with Gasteiger partial charge in [-0.2, -0.15) is 0 Å². The van der Waals surface area contributed by atoms with Crippen LogP contribution in [0.5, 0.6) is 0 Å². The van der Waals surface area contributed by atoms with Crippen LogP contribution in [0.3, 0.4) is 0 Å². The molecule has 0 bridgehead atoms. The van der Waals surface area contributed by atoms with E-state index in [0.717, 1.165) is 43.4 Å². The average molecular weight is 405 g/mol. The third kappa shape index (κ3) is 4.49. The molecule has 2 aromatic carbocycles. The van der Waals surface area contributed by atoms with Gasteiger partial charge in [-0.05, 0) is 91.7 Å². The third-order valence-corrected chi connectivity index (χ3v) is 7.28. The lowest BCUT2D eigenvalue weighted by atomic mass is 9.68. The zero-order valence-corrected chi connectivity index (χ0v) is 18.3. The Bertz CT molecular complexity index is 826. The number of hydrogen-bond acceptors (Lipinski definition) is 0. The average Bonchev–Trinajstić information content (AvgIpc) is 2.75. The Hall–Kier alpha value is -1.51. The molecule has 2 saturated carbocycles. The van der Waals surface area contributed by atoms with Gasteiger partial charge in [-0.15, -0.1) is 0 Å². The molecular formula is C26H35F3. The van der Waals surface area contributed by atoms with Crippen molar-refractivity contribution in [1.82, 2.24) is 0 Å². The van der Waals surface area contributed by atoms with Crippen LogP contribution in [-0.2, 0) is 0 Å². The van der Waals surface area contributed by atoms with Gasteiger partial charge in [-0.1, -0.05) is 45.7 Å². The Morgan fingerprint density at radius 2 is 1.28 bits per heavy atom. The normalized spacial score (nSPS) is 27.4. The summed E-state index contributed by atoms with van der Waals surface area (Å²) >= 11 is 0. The molecule has 2 aliphatic carbocycles. The minimum absolute atomic E-state index is 0.0482. The first-order valence-electron chi connectivity index (χ1n) is 11.5. The van der Waals surface area contributed by atoms with Crippen LogP contribution in [0, 0.1) is 42.1 Å². The molecule has 0 saturated heterocycles. The Labute approximate surface area is 173 Å². The zero-order valence-electron chi connectivity index (χ0n) is 18.3. The molecule has 0 nitrogen and oxygen atoms in total. The lowest BCUT2D eigenvalue weighted by Gasteiger charge is -2.37. The molecule has 2 aromatic rings.